The van der Waals surface area contributed by atoms with Gasteiger partial charge in [-0.3, -0.25) is 4.79 Å². The molecule has 0 aliphatic rings. The maximum absolute atomic E-state index is 11.8. The van der Waals surface area contributed by atoms with E-state index in [0.717, 1.165) is 25.2 Å². The number of hydrogen-bond donors (Lipinski definition) is 1. The van der Waals surface area contributed by atoms with Gasteiger partial charge in [-0.05, 0) is 46.2 Å². The number of hydrogen-bond acceptors (Lipinski definition) is 1. The molecule has 0 amide bonds. The van der Waals surface area contributed by atoms with Crippen LogP contribution in [-0.2, 0) is 0 Å². The monoisotopic (exact) mass is 321 g/mol. The van der Waals surface area contributed by atoms with E-state index in [1.807, 2.05) is 36.4 Å². The fourth-order valence-corrected chi connectivity index (χ4v) is 2.45. The molecule has 3 aromatic rings. The lowest BCUT2D eigenvalue weighted by Gasteiger charge is -2.03. The first kappa shape index (κ1) is 9.84. The average molecular weight is 321 g/mol. The second-order valence-corrected chi connectivity index (χ2v) is 4.94. The Kier molecular flexibility index (Phi) is 2.21. The summed E-state index contributed by atoms with van der Waals surface area (Å²) < 4.78 is 1.12. The summed E-state index contributed by atoms with van der Waals surface area (Å²) in [5.74, 6) is 0. The van der Waals surface area contributed by atoms with Crippen LogP contribution in [0.2, 0.25) is 0 Å². The van der Waals surface area contributed by atoms with E-state index in [-0.39, 0.29) is 5.56 Å². The first-order valence-electron chi connectivity index (χ1n) is 4.96. The van der Waals surface area contributed by atoms with Crippen LogP contribution in [0.25, 0.3) is 21.7 Å². The zero-order valence-corrected chi connectivity index (χ0v) is 10.5. The van der Waals surface area contributed by atoms with Gasteiger partial charge in [-0.2, -0.15) is 0 Å². The van der Waals surface area contributed by atoms with Crippen molar-refractivity contribution >= 4 is 44.3 Å². The topological polar surface area (TPSA) is 32.9 Å². The lowest BCUT2D eigenvalue weighted by molar-refractivity contribution is 1.34. The molecule has 3 heteroatoms. The summed E-state index contributed by atoms with van der Waals surface area (Å²) in [5, 5.41) is 2.85. The molecule has 0 bridgehead atoms. The van der Waals surface area contributed by atoms with Gasteiger partial charge >= 0.3 is 0 Å². The Morgan fingerprint density at radius 3 is 2.50 bits per heavy atom. The van der Waals surface area contributed by atoms with Gasteiger partial charge in [-0.25, -0.2) is 0 Å². The molecular formula is C13H8INO. The Morgan fingerprint density at radius 2 is 1.69 bits per heavy atom. The minimum absolute atomic E-state index is 0.0231. The quantitative estimate of drug-likeness (QED) is 0.500. The fourth-order valence-electron chi connectivity index (χ4n) is 1.96. The highest BCUT2D eigenvalue weighted by Crippen LogP contribution is 2.22. The lowest BCUT2D eigenvalue weighted by atomic mass is 10.1. The molecule has 0 aliphatic carbocycles. The van der Waals surface area contributed by atoms with Crippen LogP contribution in [0, 0.1) is 3.57 Å². The van der Waals surface area contributed by atoms with Crippen molar-refractivity contribution in [1.29, 1.82) is 0 Å². The molecule has 78 valence electrons. The smallest absolute Gasteiger partial charge is 0.256 e. The minimum atomic E-state index is -0.0231. The summed E-state index contributed by atoms with van der Waals surface area (Å²) in [5.41, 5.74) is 0.876. The normalized spacial score (nSPS) is 11.1. The average Bonchev–Trinajstić information content (AvgIpc) is 2.29. The van der Waals surface area contributed by atoms with E-state index in [9.17, 15) is 4.79 Å². The summed E-state index contributed by atoms with van der Waals surface area (Å²) in [6, 6.07) is 13.8. The number of benzene rings is 2. The van der Waals surface area contributed by atoms with Gasteiger partial charge in [0, 0.05) is 19.9 Å². The van der Waals surface area contributed by atoms with E-state index >= 15 is 0 Å². The van der Waals surface area contributed by atoms with Crippen LogP contribution in [-0.4, -0.2) is 4.98 Å². The van der Waals surface area contributed by atoms with E-state index in [0.29, 0.717) is 0 Å². The van der Waals surface area contributed by atoms with Gasteiger partial charge in [0.1, 0.15) is 0 Å². The van der Waals surface area contributed by atoms with Gasteiger partial charge in [0.25, 0.3) is 5.56 Å². The van der Waals surface area contributed by atoms with Gasteiger partial charge in [0.05, 0.1) is 0 Å². The Balaban J connectivity index is 2.64. The SMILES string of the molecule is O=c1[nH]c2cc(I)ccc2c2ccccc12. The van der Waals surface area contributed by atoms with E-state index in [2.05, 4.69) is 33.6 Å². The van der Waals surface area contributed by atoms with Crippen LogP contribution in [0.15, 0.2) is 47.3 Å². The molecule has 0 unspecified atom stereocenters. The third-order valence-electron chi connectivity index (χ3n) is 2.69. The van der Waals surface area contributed by atoms with Gasteiger partial charge in [0.2, 0.25) is 0 Å². The number of aromatic nitrogens is 1. The maximum atomic E-state index is 11.8. The highest BCUT2D eigenvalue weighted by Gasteiger charge is 2.03. The molecule has 0 saturated carbocycles. The molecule has 0 saturated heterocycles. The number of H-pyrrole nitrogens is 1. The maximum Gasteiger partial charge on any atom is 0.256 e. The Hall–Kier alpha value is -1.36. The molecule has 0 radical (unpaired) electrons. The second-order valence-electron chi connectivity index (χ2n) is 3.69. The standard InChI is InChI=1S/C13H8INO/c14-8-5-6-10-9-3-1-2-4-11(9)13(16)15-12(10)7-8/h1-7H,(H,15,16). The van der Waals surface area contributed by atoms with Crippen LogP contribution in [0.1, 0.15) is 0 Å². The molecular weight excluding hydrogens is 313 g/mol. The summed E-state index contributed by atoms with van der Waals surface area (Å²) in [6.07, 6.45) is 0. The van der Waals surface area contributed by atoms with Gasteiger partial charge < -0.3 is 4.98 Å². The predicted octanol–water partition coefficient (Wildman–Crippen LogP) is 3.29. The number of aromatic amines is 1. The van der Waals surface area contributed by atoms with E-state index in [1.165, 1.54) is 0 Å². The van der Waals surface area contributed by atoms with Crippen LogP contribution >= 0.6 is 22.6 Å². The van der Waals surface area contributed by atoms with E-state index in [4.69, 9.17) is 0 Å². The molecule has 16 heavy (non-hydrogen) atoms. The molecule has 2 aromatic carbocycles. The van der Waals surface area contributed by atoms with Crippen LogP contribution in [0.4, 0.5) is 0 Å². The molecule has 0 fully saturated rings. The summed E-state index contributed by atoms with van der Waals surface area (Å²) in [7, 11) is 0. The zero-order valence-electron chi connectivity index (χ0n) is 8.33. The first-order chi connectivity index (χ1) is 7.75. The number of nitrogens with one attached hydrogen (secondary N) is 1. The van der Waals surface area contributed by atoms with Crippen molar-refractivity contribution in [2.24, 2.45) is 0 Å². The Bertz CT molecular complexity index is 746. The predicted molar refractivity (Wildman–Crippen MR) is 74.8 cm³/mol. The molecule has 1 N–H and O–H groups in total. The van der Waals surface area contributed by atoms with Gasteiger partial charge in [-0.1, -0.05) is 24.3 Å². The van der Waals surface area contributed by atoms with Crippen molar-refractivity contribution in [1.82, 2.24) is 4.98 Å². The minimum Gasteiger partial charge on any atom is -0.321 e. The highest BCUT2D eigenvalue weighted by molar-refractivity contribution is 14.1. The molecule has 0 spiro atoms. The number of rotatable bonds is 0. The van der Waals surface area contributed by atoms with Crippen molar-refractivity contribution in [2.75, 3.05) is 0 Å². The van der Waals surface area contributed by atoms with E-state index in [1.54, 1.807) is 0 Å². The first-order valence-corrected chi connectivity index (χ1v) is 6.04. The number of fused-ring (bicyclic) bond motifs is 3. The Labute approximate surface area is 105 Å². The molecule has 2 nitrogen and oxygen atoms in total. The van der Waals surface area contributed by atoms with Crippen molar-refractivity contribution in [2.45, 2.75) is 0 Å². The van der Waals surface area contributed by atoms with E-state index < -0.39 is 0 Å². The van der Waals surface area contributed by atoms with Crippen LogP contribution in [0.3, 0.4) is 0 Å². The molecule has 0 aliphatic heterocycles. The summed E-state index contributed by atoms with van der Waals surface area (Å²) in [4.78, 5) is 14.8. The molecule has 0 atom stereocenters. The Morgan fingerprint density at radius 1 is 0.938 bits per heavy atom. The van der Waals surface area contributed by atoms with Crippen molar-refractivity contribution < 1.29 is 0 Å². The zero-order chi connectivity index (χ0) is 11.1. The lowest BCUT2D eigenvalue weighted by Crippen LogP contribution is -2.06. The van der Waals surface area contributed by atoms with Crippen LogP contribution in [0.5, 0.6) is 0 Å². The van der Waals surface area contributed by atoms with Crippen molar-refractivity contribution in [3.8, 4) is 0 Å². The summed E-state index contributed by atoms with van der Waals surface area (Å²) >= 11 is 2.24. The summed E-state index contributed by atoms with van der Waals surface area (Å²) in [6.45, 7) is 0. The van der Waals surface area contributed by atoms with Crippen LogP contribution < -0.4 is 5.56 Å². The third-order valence-corrected chi connectivity index (χ3v) is 3.36. The van der Waals surface area contributed by atoms with Crippen molar-refractivity contribution in [3.05, 3.63) is 56.4 Å². The number of pyridine rings is 1. The second kappa shape index (κ2) is 3.59. The molecule has 1 heterocycles. The largest absolute Gasteiger partial charge is 0.321 e. The highest BCUT2D eigenvalue weighted by atomic mass is 127. The number of halogens is 1. The molecule has 1 aromatic heterocycles. The van der Waals surface area contributed by atoms with Gasteiger partial charge in [0.15, 0.2) is 0 Å². The molecule has 3 rings (SSSR count). The fraction of sp³-hybridized carbons (Fsp3) is 0. The third kappa shape index (κ3) is 1.43. The van der Waals surface area contributed by atoms with Gasteiger partial charge in [-0.15, -0.1) is 0 Å². The van der Waals surface area contributed by atoms with Crippen molar-refractivity contribution in [3.63, 3.8) is 0 Å².